The lowest BCUT2D eigenvalue weighted by atomic mass is 10.1. The lowest BCUT2D eigenvalue weighted by molar-refractivity contribution is -0.137. The van der Waals surface area contributed by atoms with E-state index in [1.807, 2.05) is 0 Å². The molecular formula is C15H22F4N2. The fourth-order valence-corrected chi connectivity index (χ4v) is 2.12. The number of hydrogen-bond donors (Lipinski definition) is 1. The molecule has 1 N–H and O–H groups in total. The Morgan fingerprint density at radius 3 is 2.33 bits per heavy atom. The van der Waals surface area contributed by atoms with Gasteiger partial charge in [-0.3, -0.25) is 0 Å². The Bertz CT molecular complexity index is 428. The smallest absolute Gasteiger partial charge is 0.313 e. The second-order valence-electron chi connectivity index (χ2n) is 4.90. The first-order valence-corrected chi connectivity index (χ1v) is 7.16. The van der Waals surface area contributed by atoms with E-state index in [0.29, 0.717) is 18.2 Å². The van der Waals surface area contributed by atoms with E-state index < -0.39 is 17.6 Å². The van der Waals surface area contributed by atoms with Crippen LogP contribution in [0.4, 0.5) is 17.6 Å². The Hall–Kier alpha value is -1.14. The summed E-state index contributed by atoms with van der Waals surface area (Å²) in [5, 5.41) is 3.05. The van der Waals surface area contributed by atoms with Crippen molar-refractivity contribution in [2.75, 3.05) is 26.2 Å². The normalized spacial score (nSPS) is 12.1. The van der Waals surface area contributed by atoms with Crippen LogP contribution in [0.3, 0.4) is 0 Å². The third-order valence-corrected chi connectivity index (χ3v) is 3.34. The van der Waals surface area contributed by atoms with Crippen LogP contribution in [0.5, 0.6) is 0 Å². The molecule has 0 aliphatic rings. The molecule has 1 aromatic carbocycles. The number of hydrogen-bond acceptors (Lipinski definition) is 2. The maximum atomic E-state index is 13.2. The molecule has 0 atom stereocenters. The highest BCUT2D eigenvalue weighted by atomic mass is 19.4. The lowest BCUT2D eigenvalue weighted by Crippen LogP contribution is -2.27. The van der Waals surface area contributed by atoms with Crippen LogP contribution in [-0.2, 0) is 12.7 Å². The summed E-state index contributed by atoms with van der Waals surface area (Å²) in [7, 11) is 0. The molecule has 0 aliphatic carbocycles. The third kappa shape index (κ3) is 6.44. The monoisotopic (exact) mass is 306 g/mol. The van der Waals surface area contributed by atoms with Gasteiger partial charge >= 0.3 is 6.18 Å². The fraction of sp³-hybridized carbons (Fsp3) is 0.600. The topological polar surface area (TPSA) is 15.3 Å². The van der Waals surface area contributed by atoms with Crippen LogP contribution in [0, 0.1) is 5.82 Å². The van der Waals surface area contributed by atoms with Crippen molar-refractivity contribution in [3.63, 3.8) is 0 Å². The molecule has 6 heteroatoms. The zero-order valence-corrected chi connectivity index (χ0v) is 12.4. The van der Waals surface area contributed by atoms with Crippen molar-refractivity contribution < 1.29 is 17.6 Å². The van der Waals surface area contributed by atoms with Crippen molar-refractivity contribution in [1.82, 2.24) is 10.2 Å². The van der Waals surface area contributed by atoms with E-state index >= 15 is 0 Å². The predicted octanol–water partition coefficient (Wildman–Crippen LogP) is 3.67. The number of nitrogens with zero attached hydrogens (tertiary/aromatic N) is 1. The molecule has 1 rings (SSSR count). The summed E-state index contributed by atoms with van der Waals surface area (Å²) in [6.07, 6.45) is -3.61. The summed E-state index contributed by atoms with van der Waals surface area (Å²) >= 11 is 0. The van der Waals surface area contributed by atoms with Gasteiger partial charge in [0.25, 0.3) is 0 Å². The molecule has 0 bridgehead atoms. The van der Waals surface area contributed by atoms with Gasteiger partial charge < -0.3 is 10.2 Å². The van der Waals surface area contributed by atoms with Gasteiger partial charge in [0.2, 0.25) is 0 Å². The van der Waals surface area contributed by atoms with E-state index in [1.165, 1.54) is 0 Å². The molecule has 0 aromatic heterocycles. The van der Waals surface area contributed by atoms with Crippen molar-refractivity contribution in [2.45, 2.75) is 33.0 Å². The van der Waals surface area contributed by atoms with Gasteiger partial charge in [-0.2, -0.15) is 13.2 Å². The Kier molecular flexibility index (Phi) is 7.11. The Morgan fingerprint density at radius 1 is 1.10 bits per heavy atom. The van der Waals surface area contributed by atoms with E-state index in [1.54, 1.807) is 0 Å². The standard InChI is InChI=1S/C15H22F4N2/c1-3-21(4-2)7-5-6-20-11-12-8-13(15(17,18)19)10-14(16)9-12/h8-10,20H,3-7,11H2,1-2H3. The summed E-state index contributed by atoms with van der Waals surface area (Å²) in [5.41, 5.74) is -0.632. The van der Waals surface area contributed by atoms with Crippen molar-refractivity contribution in [1.29, 1.82) is 0 Å². The van der Waals surface area contributed by atoms with Crippen LogP contribution in [0.1, 0.15) is 31.4 Å². The molecule has 0 aliphatic heterocycles. The minimum absolute atomic E-state index is 0.235. The zero-order chi connectivity index (χ0) is 15.9. The SMILES string of the molecule is CCN(CC)CCCNCc1cc(F)cc(C(F)(F)F)c1. The van der Waals surface area contributed by atoms with Crippen LogP contribution >= 0.6 is 0 Å². The average molecular weight is 306 g/mol. The number of nitrogens with one attached hydrogen (secondary N) is 1. The van der Waals surface area contributed by atoms with Gasteiger partial charge in [-0.15, -0.1) is 0 Å². The van der Waals surface area contributed by atoms with Crippen molar-refractivity contribution in [3.05, 3.63) is 35.1 Å². The first kappa shape index (κ1) is 17.9. The quantitative estimate of drug-likeness (QED) is 0.582. The van der Waals surface area contributed by atoms with Gasteiger partial charge in [-0.05, 0) is 56.4 Å². The van der Waals surface area contributed by atoms with Gasteiger partial charge in [-0.25, -0.2) is 4.39 Å². The van der Waals surface area contributed by atoms with Gasteiger partial charge in [0.05, 0.1) is 5.56 Å². The van der Waals surface area contributed by atoms with Crippen LogP contribution in [0.2, 0.25) is 0 Å². The van der Waals surface area contributed by atoms with Gasteiger partial charge in [-0.1, -0.05) is 13.8 Å². The molecule has 0 fully saturated rings. The largest absolute Gasteiger partial charge is 0.416 e. The summed E-state index contributed by atoms with van der Waals surface area (Å²) in [5.74, 6) is -0.857. The number of rotatable bonds is 8. The van der Waals surface area contributed by atoms with E-state index in [0.717, 1.165) is 38.2 Å². The third-order valence-electron chi connectivity index (χ3n) is 3.34. The maximum Gasteiger partial charge on any atom is 0.416 e. The molecule has 0 spiro atoms. The molecule has 0 saturated carbocycles. The van der Waals surface area contributed by atoms with Gasteiger partial charge in [0, 0.05) is 6.54 Å². The number of benzene rings is 1. The van der Waals surface area contributed by atoms with Crippen molar-refractivity contribution >= 4 is 0 Å². The summed E-state index contributed by atoms with van der Waals surface area (Å²) in [4.78, 5) is 2.27. The molecule has 0 radical (unpaired) electrons. The highest BCUT2D eigenvalue weighted by Crippen LogP contribution is 2.30. The predicted molar refractivity (Wildman–Crippen MR) is 75.5 cm³/mol. The highest BCUT2D eigenvalue weighted by molar-refractivity contribution is 5.26. The van der Waals surface area contributed by atoms with Crippen LogP contribution in [0.15, 0.2) is 18.2 Å². The first-order chi connectivity index (χ1) is 9.86. The van der Waals surface area contributed by atoms with Crippen molar-refractivity contribution in [2.24, 2.45) is 0 Å². The summed E-state index contributed by atoms with van der Waals surface area (Å²) in [6.45, 7) is 8.00. The Morgan fingerprint density at radius 2 is 1.76 bits per heavy atom. The Balaban J connectivity index is 2.44. The highest BCUT2D eigenvalue weighted by Gasteiger charge is 2.31. The molecule has 0 heterocycles. The minimum atomic E-state index is -4.51. The zero-order valence-electron chi connectivity index (χ0n) is 12.4. The van der Waals surface area contributed by atoms with E-state index in [9.17, 15) is 17.6 Å². The first-order valence-electron chi connectivity index (χ1n) is 7.16. The van der Waals surface area contributed by atoms with Crippen LogP contribution < -0.4 is 5.32 Å². The van der Waals surface area contributed by atoms with Crippen LogP contribution in [-0.4, -0.2) is 31.1 Å². The van der Waals surface area contributed by atoms with Gasteiger partial charge in [0.15, 0.2) is 0 Å². The number of halogens is 4. The maximum absolute atomic E-state index is 13.2. The van der Waals surface area contributed by atoms with E-state index in [-0.39, 0.29) is 6.54 Å². The molecule has 0 unspecified atom stereocenters. The number of alkyl halides is 3. The molecule has 2 nitrogen and oxygen atoms in total. The van der Waals surface area contributed by atoms with Crippen LogP contribution in [0.25, 0.3) is 0 Å². The second kappa shape index (κ2) is 8.34. The molecule has 1 aromatic rings. The molecular weight excluding hydrogens is 284 g/mol. The summed E-state index contributed by atoms with van der Waals surface area (Å²) < 4.78 is 50.9. The van der Waals surface area contributed by atoms with E-state index in [2.05, 4.69) is 24.1 Å². The molecule has 0 saturated heterocycles. The average Bonchev–Trinajstić information content (AvgIpc) is 2.41. The Labute approximate surface area is 123 Å². The minimum Gasteiger partial charge on any atom is -0.313 e. The lowest BCUT2D eigenvalue weighted by Gasteiger charge is -2.17. The van der Waals surface area contributed by atoms with Gasteiger partial charge in [0.1, 0.15) is 5.82 Å². The molecule has 120 valence electrons. The van der Waals surface area contributed by atoms with Crippen molar-refractivity contribution in [3.8, 4) is 0 Å². The second-order valence-corrected chi connectivity index (χ2v) is 4.90. The molecule has 0 amide bonds. The summed E-state index contributed by atoms with van der Waals surface area (Å²) in [6, 6.07) is 2.64. The fourth-order valence-electron chi connectivity index (χ4n) is 2.12. The molecule has 21 heavy (non-hydrogen) atoms. The van der Waals surface area contributed by atoms with E-state index in [4.69, 9.17) is 0 Å².